The van der Waals surface area contributed by atoms with Crippen molar-refractivity contribution >= 4 is 23.7 Å². The number of nitrogens with zero attached hydrogens (tertiary/aromatic N) is 4. The number of carbonyl (C=O) groups excluding carboxylic acids is 1. The molecular weight excluding hydrogens is 266 g/mol. The minimum Gasteiger partial charge on any atom is -0.365 e. The summed E-state index contributed by atoms with van der Waals surface area (Å²) in [5.74, 6) is 0.431. The zero-order chi connectivity index (χ0) is 13.8. The second-order valence-corrected chi connectivity index (χ2v) is 4.38. The molecule has 100 valence electrons. The SMILES string of the molecule is CCc1nn(C)cc1CNc1ncnc(Cl)c1C=O. The lowest BCUT2D eigenvalue weighted by molar-refractivity contribution is 0.112. The number of aromatic nitrogens is 4. The van der Waals surface area contributed by atoms with Gasteiger partial charge in [0, 0.05) is 25.4 Å². The van der Waals surface area contributed by atoms with Gasteiger partial charge in [-0.1, -0.05) is 18.5 Å². The van der Waals surface area contributed by atoms with Crippen molar-refractivity contribution in [2.24, 2.45) is 7.05 Å². The van der Waals surface area contributed by atoms with Gasteiger partial charge in [0.15, 0.2) is 6.29 Å². The smallest absolute Gasteiger partial charge is 0.156 e. The second-order valence-electron chi connectivity index (χ2n) is 4.03. The van der Waals surface area contributed by atoms with E-state index in [9.17, 15) is 4.79 Å². The maximum absolute atomic E-state index is 11.0. The van der Waals surface area contributed by atoms with Crippen molar-refractivity contribution in [3.05, 3.63) is 34.5 Å². The molecule has 19 heavy (non-hydrogen) atoms. The number of aryl methyl sites for hydroxylation is 2. The van der Waals surface area contributed by atoms with E-state index in [1.54, 1.807) is 4.68 Å². The molecule has 0 fully saturated rings. The first-order chi connectivity index (χ1) is 9.15. The first-order valence-corrected chi connectivity index (χ1v) is 6.24. The van der Waals surface area contributed by atoms with Gasteiger partial charge in [0.2, 0.25) is 0 Å². The summed E-state index contributed by atoms with van der Waals surface area (Å²) < 4.78 is 1.77. The van der Waals surface area contributed by atoms with Gasteiger partial charge in [0.1, 0.15) is 17.3 Å². The van der Waals surface area contributed by atoms with Crippen LogP contribution in [-0.4, -0.2) is 26.0 Å². The van der Waals surface area contributed by atoms with E-state index >= 15 is 0 Å². The standard InChI is InChI=1S/C12H14ClN5O/c1-3-10-8(5-18(2)17-10)4-14-12-9(6-19)11(13)15-7-16-12/h5-7H,3-4H2,1-2H3,(H,14,15,16). The van der Waals surface area contributed by atoms with Gasteiger partial charge in [0.05, 0.1) is 11.3 Å². The van der Waals surface area contributed by atoms with Crippen LogP contribution in [0.15, 0.2) is 12.5 Å². The molecular formula is C12H14ClN5O. The summed E-state index contributed by atoms with van der Waals surface area (Å²) in [6, 6.07) is 0. The molecule has 7 heteroatoms. The van der Waals surface area contributed by atoms with Crippen molar-refractivity contribution in [3.63, 3.8) is 0 Å². The van der Waals surface area contributed by atoms with E-state index < -0.39 is 0 Å². The highest BCUT2D eigenvalue weighted by Crippen LogP contribution is 2.18. The molecule has 2 aromatic heterocycles. The van der Waals surface area contributed by atoms with Gasteiger partial charge >= 0.3 is 0 Å². The first kappa shape index (κ1) is 13.5. The number of halogens is 1. The summed E-state index contributed by atoms with van der Waals surface area (Å²) in [5, 5.41) is 7.59. The fraction of sp³-hybridized carbons (Fsp3) is 0.333. The summed E-state index contributed by atoms with van der Waals surface area (Å²) in [5.41, 5.74) is 2.35. The molecule has 0 saturated carbocycles. The molecule has 0 aromatic carbocycles. The normalized spacial score (nSPS) is 10.5. The van der Waals surface area contributed by atoms with Crippen molar-refractivity contribution in [2.45, 2.75) is 19.9 Å². The molecule has 2 rings (SSSR count). The van der Waals surface area contributed by atoms with Gasteiger partial charge in [-0.25, -0.2) is 9.97 Å². The van der Waals surface area contributed by atoms with E-state index in [0.29, 0.717) is 18.6 Å². The van der Waals surface area contributed by atoms with Crippen molar-refractivity contribution in [1.29, 1.82) is 0 Å². The molecule has 0 aliphatic rings. The summed E-state index contributed by atoms with van der Waals surface area (Å²) in [4.78, 5) is 18.8. The van der Waals surface area contributed by atoms with Crippen LogP contribution in [0.3, 0.4) is 0 Å². The highest BCUT2D eigenvalue weighted by atomic mass is 35.5. The Balaban J connectivity index is 2.18. The van der Waals surface area contributed by atoms with E-state index in [2.05, 4.69) is 20.4 Å². The maximum atomic E-state index is 11.0. The third-order valence-electron chi connectivity index (χ3n) is 2.73. The predicted molar refractivity (Wildman–Crippen MR) is 72.3 cm³/mol. The molecule has 0 bridgehead atoms. The van der Waals surface area contributed by atoms with E-state index in [4.69, 9.17) is 11.6 Å². The Labute approximate surface area is 115 Å². The minimum atomic E-state index is 0.148. The molecule has 1 N–H and O–H groups in total. The van der Waals surface area contributed by atoms with Crippen LogP contribution in [0.25, 0.3) is 0 Å². The van der Waals surface area contributed by atoms with E-state index in [0.717, 1.165) is 17.7 Å². The molecule has 0 unspecified atom stereocenters. The number of nitrogens with one attached hydrogen (secondary N) is 1. The number of hydrogen-bond donors (Lipinski definition) is 1. The van der Waals surface area contributed by atoms with Crippen LogP contribution in [0.1, 0.15) is 28.5 Å². The summed E-state index contributed by atoms with van der Waals surface area (Å²) in [7, 11) is 1.88. The van der Waals surface area contributed by atoms with E-state index in [1.807, 2.05) is 20.2 Å². The lowest BCUT2D eigenvalue weighted by Gasteiger charge is -2.07. The zero-order valence-corrected chi connectivity index (χ0v) is 11.5. The molecule has 0 saturated heterocycles. The zero-order valence-electron chi connectivity index (χ0n) is 10.7. The molecule has 0 radical (unpaired) electrons. The van der Waals surface area contributed by atoms with E-state index in [1.165, 1.54) is 6.33 Å². The summed E-state index contributed by atoms with van der Waals surface area (Å²) in [6.45, 7) is 2.58. The van der Waals surface area contributed by atoms with Crippen LogP contribution in [0, 0.1) is 0 Å². The number of hydrogen-bond acceptors (Lipinski definition) is 5. The monoisotopic (exact) mass is 279 g/mol. The third kappa shape index (κ3) is 2.90. The van der Waals surface area contributed by atoms with Gasteiger partial charge in [-0.3, -0.25) is 9.48 Å². The fourth-order valence-electron chi connectivity index (χ4n) is 1.83. The van der Waals surface area contributed by atoms with Crippen LogP contribution in [0.4, 0.5) is 5.82 Å². The average Bonchev–Trinajstić information content (AvgIpc) is 2.76. The highest BCUT2D eigenvalue weighted by molar-refractivity contribution is 6.32. The van der Waals surface area contributed by atoms with Crippen LogP contribution < -0.4 is 5.32 Å². The molecule has 0 amide bonds. The van der Waals surface area contributed by atoms with Gasteiger partial charge in [0.25, 0.3) is 0 Å². The van der Waals surface area contributed by atoms with Crippen molar-refractivity contribution < 1.29 is 4.79 Å². The Hall–Kier alpha value is -1.95. The van der Waals surface area contributed by atoms with Crippen LogP contribution in [0.2, 0.25) is 5.15 Å². The van der Waals surface area contributed by atoms with Gasteiger partial charge in [-0.05, 0) is 6.42 Å². The molecule has 0 aliphatic heterocycles. The molecule has 2 heterocycles. The van der Waals surface area contributed by atoms with Gasteiger partial charge < -0.3 is 5.32 Å². The Kier molecular flexibility index (Phi) is 4.11. The molecule has 0 atom stereocenters. The lowest BCUT2D eigenvalue weighted by Crippen LogP contribution is -2.06. The van der Waals surface area contributed by atoms with E-state index in [-0.39, 0.29) is 10.7 Å². The molecule has 2 aromatic rings. The lowest BCUT2D eigenvalue weighted by atomic mass is 10.2. The first-order valence-electron chi connectivity index (χ1n) is 5.86. The fourth-order valence-corrected chi connectivity index (χ4v) is 2.01. The number of rotatable bonds is 5. The summed E-state index contributed by atoms with van der Waals surface area (Å²) >= 11 is 5.84. The van der Waals surface area contributed by atoms with Crippen molar-refractivity contribution in [3.8, 4) is 0 Å². The third-order valence-corrected chi connectivity index (χ3v) is 3.03. The number of anilines is 1. The predicted octanol–water partition coefficient (Wildman–Crippen LogP) is 1.85. The Morgan fingerprint density at radius 2 is 2.26 bits per heavy atom. The highest BCUT2D eigenvalue weighted by Gasteiger charge is 2.10. The summed E-state index contributed by atoms with van der Waals surface area (Å²) in [6.07, 6.45) is 4.76. The largest absolute Gasteiger partial charge is 0.365 e. The Morgan fingerprint density at radius 3 is 2.95 bits per heavy atom. The number of carbonyl (C=O) groups is 1. The minimum absolute atomic E-state index is 0.148. The molecule has 6 nitrogen and oxygen atoms in total. The Bertz CT molecular complexity index is 596. The van der Waals surface area contributed by atoms with Crippen molar-refractivity contribution in [1.82, 2.24) is 19.7 Å². The van der Waals surface area contributed by atoms with Gasteiger partial charge in [-0.15, -0.1) is 0 Å². The van der Waals surface area contributed by atoms with Crippen LogP contribution >= 0.6 is 11.6 Å². The van der Waals surface area contributed by atoms with Crippen LogP contribution in [0.5, 0.6) is 0 Å². The second kappa shape index (κ2) is 5.79. The average molecular weight is 280 g/mol. The maximum Gasteiger partial charge on any atom is 0.156 e. The van der Waals surface area contributed by atoms with Crippen LogP contribution in [-0.2, 0) is 20.0 Å². The molecule has 0 aliphatic carbocycles. The number of aldehydes is 1. The molecule has 0 spiro atoms. The van der Waals surface area contributed by atoms with Gasteiger partial charge in [-0.2, -0.15) is 5.10 Å². The topological polar surface area (TPSA) is 72.7 Å². The quantitative estimate of drug-likeness (QED) is 0.668. The Morgan fingerprint density at radius 1 is 1.47 bits per heavy atom. The van der Waals surface area contributed by atoms with Crippen molar-refractivity contribution in [2.75, 3.05) is 5.32 Å².